The highest BCUT2D eigenvalue weighted by Gasteiger charge is 2.17. The molecule has 6 heteroatoms. The number of hydrogen-bond donors (Lipinski definition) is 2. The van der Waals surface area contributed by atoms with E-state index in [-0.39, 0.29) is 29.5 Å². The summed E-state index contributed by atoms with van der Waals surface area (Å²) in [7, 11) is 0. The van der Waals surface area contributed by atoms with Crippen LogP contribution in [0.1, 0.15) is 35.0 Å². The van der Waals surface area contributed by atoms with Crippen LogP contribution in [0.5, 0.6) is 5.75 Å². The van der Waals surface area contributed by atoms with Crippen LogP contribution in [0, 0.1) is 0 Å². The van der Waals surface area contributed by atoms with Crippen LogP contribution < -0.4 is 5.73 Å². The number of nitrogen functional groups attached to an aromatic ring is 1. The molecule has 0 atom stereocenters. The number of hydrogen-bond acceptors (Lipinski definition) is 6. The molecule has 0 saturated heterocycles. The van der Waals surface area contributed by atoms with Gasteiger partial charge >= 0.3 is 0 Å². The second-order valence-electron chi connectivity index (χ2n) is 7.62. The molecule has 6 nitrogen and oxygen atoms in total. The summed E-state index contributed by atoms with van der Waals surface area (Å²) >= 11 is 0. The van der Waals surface area contributed by atoms with Crippen molar-refractivity contribution >= 4 is 11.6 Å². The quantitative estimate of drug-likeness (QED) is 0.410. The van der Waals surface area contributed by atoms with E-state index in [0.29, 0.717) is 5.69 Å². The molecule has 0 radical (unpaired) electrons. The Balaban J connectivity index is 1.62. The second-order valence-corrected chi connectivity index (χ2v) is 7.62. The molecule has 2 aromatic heterocycles. The number of aromatic hydroxyl groups is 1. The van der Waals surface area contributed by atoms with Gasteiger partial charge in [0.25, 0.3) is 0 Å². The molecule has 0 amide bonds. The van der Waals surface area contributed by atoms with Gasteiger partial charge in [-0.25, -0.2) is 9.97 Å². The third kappa shape index (κ3) is 4.64. The number of aryl methyl sites for hydroxylation is 1. The molecule has 0 spiro atoms. The lowest BCUT2D eigenvalue weighted by Gasteiger charge is -2.10. The van der Waals surface area contributed by atoms with E-state index in [1.165, 1.54) is 5.56 Å². The normalized spacial score (nSPS) is 10.8. The van der Waals surface area contributed by atoms with Crippen LogP contribution in [-0.4, -0.2) is 25.8 Å². The summed E-state index contributed by atoms with van der Waals surface area (Å²) in [4.78, 5) is 26.1. The van der Waals surface area contributed by atoms with Crippen LogP contribution in [0.25, 0.3) is 22.4 Å². The molecule has 2 aromatic carbocycles. The van der Waals surface area contributed by atoms with Crippen LogP contribution in [0.4, 0.5) is 5.82 Å². The Bertz CT molecular complexity index is 1240. The third-order valence-corrected chi connectivity index (χ3v) is 5.29. The van der Waals surface area contributed by atoms with E-state index in [1.54, 1.807) is 42.9 Å². The Morgan fingerprint density at radius 3 is 2.41 bits per heavy atom. The number of nitrogens with two attached hydrogens (primary N) is 1. The van der Waals surface area contributed by atoms with Gasteiger partial charge in [0.05, 0.1) is 11.9 Å². The number of phenols is 1. The van der Waals surface area contributed by atoms with Crippen LogP contribution >= 0.6 is 0 Å². The molecular weight excluding hydrogens is 400 g/mol. The smallest absolute Gasteiger partial charge is 0.189 e. The molecule has 0 unspecified atom stereocenters. The number of rotatable bonds is 7. The molecular formula is C26H24N4O2. The van der Waals surface area contributed by atoms with Crippen molar-refractivity contribution in [2.75, 3.05) is 5.73 Å². The van der Waals surface area contributed by atoms with Gasteiger partial charge in [0, 0.05) is 24.4 Å². The first-order chi connectivity index (χ1) is 15.5. The number of nitrogens with zero attached hydrogens (tertiary/aromatic N) is 3. The van der Waals surface area contributed by atoms with Gasteiger partial charge < -0.3 is 10.8 Å². The van der Waals surface area contributed by atoms with E-state index in [2.05, 4.69) is 34.0 Å². The highest BCUT2D eigenvalue weighted by atomic mass is 16.3. The standard InChI is InChI=1S/C26H24N4O2/c1-2-3-17-4-6-19(7-5-17)23-16-29-26(27)25(30-23)24(32)14-20-15-28-13-12-22(20)18-8-10-21(31)11-9-18/h4-13,15-16,31H,2-3,14H2,1H3,(H2,27,29). The van der Waals surface area contributed by atoms with Crippen LogP contribution in [0.15, 0.2) is 73.2 Å². The molecule has 0 fully saturated rings. The SMILES string of the molecule is CCCc1ccc(-c2cnc(N)c(C(=O)Cc3cnccc3-c3ccc(O)cc3)n2)cc1. The number of ketones is 1. The summed E-state index contributed by atoms with van der Waals surface area (Å²) in [5, 5.41) is 9.56. The van der Waals surface area contributed by atoms with Crippen molar-refractivity contribution in [3.05, 3.63) is 90.0 Å². The van der Waals surface area contributed by atoms with Crippen molar-refractivity contribution in [3.63, 3.8) is 0 Å². The molecule has 4 rings (SSSR count). The van der Waals surface area contributed by atoms with Gasteiger partial charge in [-0.1, -0.05) is 49.7 Å². The fourth-order valence-corrected chi connectivity index (χ4v) is 3.62. The third-order valence-electron chi connectivity index (χ3n) is 5.29. The molecule has 0 aliphatic rings. The van der Waals surface area contributed by atoms with Crippen molar-refractivity contribution in [1.29, 1.82) is 0 Å². The van der Waals surface area contributed by atoms with Crippen molar-refractivity contribution in [3.8, 4) is 28.1 Å². The predicted octanol–water partition coefficient (Wildman–Crippen LogP) is 4.87. The molecule has 0 aliphatic carbocycles. The van der Waals surface area contributed by atoms with Crippen LogP contribution in [-0.2, 0) is 12.8 Å². The van der Waals surface area contributed by atoms with Crippen molar-refractivity contribution < 1.29 is 9.90 Å². The van der Waals surface area contributed by atoms with E-state index in [4.69, 9.17) is 5.73 Å². The lowest BCUT2D eigenvalue weighted by molar-refractivity contribution is 0.0989. The average molecular weight is 425 g/mol. The number of anilines is 1. The second kappa shape index (κ2) is 9.39. The first-order valence-corrected chi connectivity index (χ1v) is 10.5. The summed E-state index contributed by atoms with van der Waals surface area (Å²) in [5.74, 6) is 0.0620. The maximum absolute atomic E-state index is 13.1. The average Bonchev–Trinajstić information content (AvgIpc) is 2.81. The minimum absolute atomic E-state index is 0.0851. The first-order valence-electron chi connectivity index (χ1n) is 10.5. The van der Waals surface area contributed by atoms with E-state index in [1.807, 2.05) is 18.2 Å². The summed E-state index contributed by atoms with van der Waals surface area (Å²) < 4.78 is 0. The van der Waals surface area contributed by atoms with Gasteiger partial charge in [-0.3, -0.25) is 9.78 Å². The minimum atomic E-state index is -0.229. The molecule has 0 aliphatic heterocycles. The number of aromatic nitrogens is 3. The summed E-state index contributed by atoms with van der Waals surface area (Å²) in [6.07, 6.45) is 7.12. The fraction of sp³-hybridized carbons (Fsp3) is 0.154. The fourth-order valence-electron chi connectivity index (χ4n) is 3.62. The highest BCUT2D eigenvalue weighted by molar-refractivity contribution is 6.00. The molecule has 3 N–H and O–H groups in total. The summed E-state index contributed by atoms with van der Waals surface area (Å²) in [6.45, 7) is 2.15. The maximum atomic E-state index is 13.1. The number of carbonyl (C=O) groups is 1. The zero-order chi connectivity index (χ0) is 22.5. The maximum Gasteiger partial charge on any atom is 0.189 e. The number of pyridine rings is 1. The van der Waals surface area contributed by atoms with Gasteiger partial charge in [-0.2, -0.15) is 0 Å². The Kier molecular flexibility index (Phi) is 6.22. The van der Waals surface area contributed by atoms with Crippen LogP contribution in [0.3, 0.4) is 0 Å². The van der Waals surface area contributed by atoms with Gasteiger partial charge in [0.2, 0.25) is 0 Å². The molecule has 0 saturated carbocycles. The monoisotopic (exact) mass is 424 g/mol. The van der Waals surface area contributed by atoms with Gasteiger partial charge in [0.15, 0.2) is 11.6 Å². The molecule has 4 aromatic rings. The van der Waals surface area contributed by atoms with Gasteiger partial charge in [-0.05, 0) is 46.9 Å². The van der Waals surface area contributed by atoms with Crippen molar-refractivity contribution in [2.45, 2.75) is 26.2 Å². The largest absolute Gasteiger partial charge is 0.508 e. The number of benzene rings is 2. The Labute approximate surface area is 186 Å². The molecule has 2 heterocycles. The molecule has 32 heavy (non-hydrogen) atoms. The zero-order valence-electron chi connectivity index (χ0n) is 17.8. The van der Waals surface area contributed by atoms with E-state index in [0.717, 1.165) is 35.1 Å². The van der Waals surface area contributed by atoms with Crippen molar-refractivity contribution in [2.24, 2.45) is 0 Å². The molecule has 160 valence electrons. The number of phenolic OH excluding ortho intramolecular Hbond substituents is 1. The number of Topliss-reactive ketones (excluding diaryl/α,β-unsaturated/α-hetero) is 1. The lowest BCUT2D eigenvalue weighted by Crippen LogP contribution is -2.12. The topological polar surface area (TPSA) is 102 Å². The van der Waals surface area contributed by atoms with Crippen LogP contribution in [0.2, 0.25) is 0 Å². The zero-order valence-corrected chi connectivity index (χ0v) is 17.8. The first kappa shape index (κ1) is 21.2. The Morgan fingerprint density at radius 2 is 1.69 bits per heavy atom. The van der Waals surface area contributed by atoms with E-state index in [9.17, 15) is 9.90 Å². The summed E-state index contributed by atoms with van der Waals surface area (Å²) in [6, 6.07) is 16.8. The van der Waals surface area contributed by atoms with Gasteiger partial charge in [0.1, 0.15) is 11.4 Å². The lowest BCUT2D eigenvalue weighted by atomic mass is 9.97. The van der Waals surface area contributed by atoms with Crippen molar-refractivity contribution in [1.82, 2.24) is 15.0 Å². The van der Waals surface area contributed by atoms with Gasteiger partial charge in [-0.15, -0.1) is 0 Å². The summed E-state index contributed by atoms with van der Waals surface area (Å²) in [5.41, 5.74) is 11.4. The highest BCUT2D eigenvalue weighted by Crippen LogP contribution is 2.27. The van der Waals surface area contributed by atoms with E-state index >= 15 is 0 Å². The Morgan fingerprint density at radius 1 is 0.969 bits per heavy atom. The predicted molar refractivity (Wildman–Crippen MR) is 125 cm³/mol. The Hall–Kier alpha value is -4.06. The minimum Gasteiger partial charge on any atom is -0.508 e. The number of carbonyl (C=O) groups excluding carboxylic acids is 1. The van der Waals surface area contributed by atoms with E-state index < -0.39 is 0 Å². The molecule has 0 bridgehead atoms.